The van der Waals surface area contributed by atoms with Crippen LogP contribution in [0.3, 0.4) is 0 Å². The van der Waals surface area contributed by atoms with Gasteiger partial charge in [-0.3, -0.25) is 4.79 Å². The van der Waals surface area contributed by atoms with Crippen LogP contribution < -0.4 is 5.32 Å². The van der Waals surface area contributed by atoms with Crippen LogP contribution >= 0.6 is 0 Å². The van der Waals surface area contributed by atoms with Crippen LogP contribution in [0.2, 0.25) is 0 Å². The van der Waals surface area contributed by atoms with Crippen LogP contribution in [0.15, 0.2) is 18.2 Å². The summed E-state index contributed by atoms with van der Waals surface area (Å²) in [5.74, 6) is -0.00652. The summed E-state index contributed by atoms with van der Waals surface area (Å²) >= 11 is 0. The normalized spacial score (nSPS) is 9.06. The van der Waals surface area contributed by atoms with Crippen molar-refractivity contribution in [2.75, 3.05) is 5.32 Å². The van der Waals surface area contributed by atoms with Crippen LogP contribution in [0.1, 0.15) is 45.7 Å². The Morgan fingerprint density at radius 1 is 1.19 bits per heavy atom. The van der Waals surface area contributed by atoms with Crippen LogP contribution in [-0.2, 0) is 17.6 Å². The first-order valence-electron chi connectivity index (χ1n) is 6.06. The van der Waals surface area contributed by atoms with Crippen molar-refractivity contribution in [1.29, 1.82) is 0 Å². The van der Waals surface area contributed by atoms with E-state index in [0.29, 0.717) is 0 Å². The Bertz CT molecular complexity index is 332. The largest absolute Gasteiger partial charge is 0.326 e. The fourth-order valence-electron chi connectivity index (χ4n) is 1.46. The third-order valence-corrected chi connectivity index (χ3v) is 2.27. The smallest absolute Gasteiger partial charge is 0.221 e. The fourth-order valence-corrected chi connectivity index (χ4v) is 1.46. The average Bonchev–Trinajstić information content (AvgIpc) is 2.31. The lowest BCUT2D eigenvalue weighted by molar-refractivity contribution is -0.114. The average molecular weight is 221 g/mol. The van der Waals surface area contributed by atoms with E-state index in [1.54, 1.807) is 0 Å². The molecule has 0 radical (unpaired) electrons. The van der Waals surface area contributed by atoms with E-state index in [1.807, 2.05) is 13.8 Å². The maximum Gasteiger partial charge on any atom is 0.221 e. The summed E-state index contributed by atoms with van der Waals surface area (Å²) in [5.41, 5.74) is 3.41. The van der Waals surface area contributed by atoms with Gasteiger partial charge < -0.3 is 5.32 Å². The first-order valence-corrected chi connectivity index (χ1v) is 6.06. The molecule has 0 atom stereocenters. The topological polar surface area (TPSA) is 29.1 Å². The zero-order chi connectivity index (χ0) is 12.6. The van der Waals surface area contributed by atoms with Crippen molar-refractivity contribution in [3.05, 3.63) is 29.3 Å². The Labute approximate surface area is 99.1 Å². The fraction of sp³-hybridized carbons (Fsp3) is 0.500. The minimum atomic E-state index is -0.00652. The Morgan fingerprint density at radius 3 is 2.25 bits per heavy atom. The Morgan fingerprint density at radius 2 is 1.81 bits per heavy atom. The molecule has 2 nitrogen and oxygen atoms in total. The molecule has 0 saturated heterocycles. The molecular weight excluding hydrogens is 198 g/mol. The molecule has 0 aromatic heterocycles. The number of aryl methyl sites for hydroxylation is 2. The molecule has 90 valence electrons. The first kappa shape index (κ1) is 14.7. The number of carbonyl (C=O) groups excluding carboxylic acids is 1. The number of hydrogen-bond donors (Lipinski definition) is 1. The maximum atomic E-state index is 11.0. The highest BCUT2D eigenvalue weighted by molar-refractivity contribution is 5.89. The summed E-state index contributed by atoms with van der Waals surface area (Å²) in [6.07, 6.45) is 1.94. The zero-order valence-electron chi connectivity index (χ0n) is 11.1. The number of amides is 1. The molecule has 0 unspecified atom stereocenters. The van der Waals surface area contributed by atoms with Crippen LogP contribution in [-0.4, -0.2) is 5.91 Å². The van der Waals surface area contributed by atoms with E-state index >= 15 is 0 Å². The third kappa shape index (κ3) is 4.47. The van der Waals surface area contributed by atoms with Gasteiger partial charge in [0.25, 0.3) is 0 Å². The summed E-state index contributed by atoms with van der Waals surface area (Å²) in [6, 6.07) is 6.26. The Hall–Kier alpha value is -1.31. The van der Waals surface area contributed by atoms with Crippen molar-refractivity contribution in [1.82, 2.24) is 0 Å². The summed E-state index contributed by atoms with van der Waals surface area (Å²) in [7, 11) is 0. The van der Waals surface area contributed by atoms with Gasteiger partial charge in [0.1, 0.15) is 0 Å². The van der Waals surface area contributed by atoms with Gasteiger partial charge in [0.05, 0.1) is 0 Å². The highest BCUT2D eigenvalue weighted by atomic mass is 16.1. The highest BCUT2D eigenvalue weighted by Crippen LogP contribution is 2.18. The van der Waals surface area contributed by atoms with Crippen molar-refractivity contribution in [2.24, 2.45) is 0 Å². The molecule has 1 aromatic carbocycles. The van der Waals surface area contributed by atoms with Gasteiger partial charge in [0.15, 0.2) is 0 Å². The summed E-state index contributed by atoms with van der Waals surface area (Å²) in [4.78, 5) is 11.0. The van der Waals surface area contributed by atoms with Gasteiger partial charge in [0.2, 0.25) is 5.91 Å². The Balaban J connectivity index is 0.00000106. The van der Waals surface area contributed by atoms with Crippen molar-refractivity contribution in [2.45, 2.75) is 47.5 Å². The minimum absolute atomic E-state index is 0.00652. The number of hydrogen-bond acceptors (Lipinski definition) is 1. The van der Waals surface area contributed by atoms with E-state index < -0.39 is 0 Å². The van der Waals surface area contributed by atoms with Gasteiger partial charge in [-0.05, 0) is 30.0 Å². The molecule has 1 aromatic rings. The zero-order valence-corrected chi connectivity index (χ0v) is 11.1. The van der Waals surface area contributed by atoms with Gasteiger partial charge in [0, 0.05) is 12.6 Å². The molecule has 0 spiro atoms. The quantitative estimate of drug-likeness (QED) is 0.826. The maximum absolute atomic E-state index is 11.0. The van der Waals surface area contributed by atoms with Crippen LogP contribution in [0.25, 0.3) is 0 Å². The molecule has 0 heterocycles. The predicted octanol–water partition coefficient (Wildman–Crippen LogP) is 3.80. The number of carbonyl (C=O) groups is 1. The number of nitrogens with one attached hydrogen (secondary N) is 1. The standard InChI is InChI=1S/C12H17NO.C2H6/c1-4-10-6-7-11(5-2)12(8-10)13-9(3)14;1-2/h6-8H,4-5H2,1-3H3,(H,13,14);1-2H3. The van der Waals surface area contributed by atoms with Crippen LogP contribution in [0.4, 0.5) is 5.69 Å². The van der Waals surface area contributed by atoms with E-state index in [9.17, 15) is 4.79 Å². The molecule has 0 aliphatic rings. The highest BCUT2D eigenvalue weighted by Gasteiger charge is 2.02. The molecule has 0 saturated carbocycles. The summed E-state index contributed by atoms with van der Waals surface area (Å²) < 4.78 is 0. The van der Waals surface area contributed by atoms with Gasteiger partial charge in [-0.1, -0.05) is 39.8 Å². The molecule has 0 bridgehead atoms. The molecule has 1 N–H and O–H groups in total. The van der Waals surface area contributed by atoms with Gasteiger partial charge in [-0.15, -0.1) is 0 Å². The van der Waals surface area contributed by atoms with Crippen LogP contribution in [0.5, 0.6) is 0 Å². The van der Waals surface area contributed by atoms with E-state index in [2.05, 4.69) is 37.4 Å². The third-order valence-electron chi connectivity index (χ3n) is 2.27. The lowest BCUT2D eigenvalue weighted by Gasteiger charge is -2.09. The molecular formula is C14H23NO. The second kappa shape index (κ2) is 7.91. The van der Waals surface area contributed by atoms with Crippen molar-refractivity contribution < 1.29 is 4.79 Å². The summed E-state index contributed by atoms with van der Waals surface area (Å²) in [6.45, 7) is 9.74. The molecule has 16 heavy (non-hydrogen) atoms. The van der Waals surface area contributed by atoms with Gasteiger partial charge in [-0.2, -0.15) is 0 Å². The minimum Gasteiger partial charge on any atom is -0.326 e. The lowest BCUT2D eigenvalue weighted by atomic mass is 10.1. The number of rotatable bonds is 3. The Kier molecular flexibility index (Phi) is 7.27. The molecule has 0 aliphatic carbocycles. The second-order valence-corrected chi connectivity index (χ2v) is 3.38. The van der Waals surface area contributed by atoms with Crippen molar-refractivity contribution in [3.63, 3.8) is 0 Å². The van der Waals surface area contributed by atoms with E-state index in [4.69, 9.17) is 0 Å². The van der Waals surface area contributed by atoms with E-state index in [-0.39, 0.29) is 5.91 Å². The number of anilines is 1. The van der Waals surface area contributed by atoms with E-state index in [1.165, 1.54) is 18.1 Å². The number of benzene rings is 1. The molecule has 2 heteroatoms. The van der Waals surface area contributed by atoms with Gasteiger partial charge >= 0.3 is 0 Å². The van der Waals surface area contributed by atoms with Crippen molar-refractivity contribution in [3.8, 4) is 0 Å². The monoisotopic (exact) mass is 221 g/mol. The molecule has 0 aliphatic heterocycles. The lowest BCUT2D eigenvalue weighted by Crippen LogP contribution is -2.08. The molecule has 0 fully saturated rings. The second-order valence-electron chi connectivity index (χ2n) is 3.38. The van der Waals surface area contributed by atoms with Crippen molar-refractivity contribution >= 4 is 11.6 Å². The van der Waals surface area contributed by atoms with Crippen LogP contribution in [0, 0.1) is 0 Å². The van der Waals surface area contributed by atoms with E-state index in [0.717, 1.165) is 18.5 Å². The molecule has 1 rings (SSSR count). The first-order chi connectivity index (χ1) is 7.67. The SMILES string of the molecule is CC.CCc1ccc(CC)c(NC(C)=O)c1. The van der Waals surface area contributed by atoms with Gasteiger partial charge in [-0.25, -0.2) is 0 Å². The molecule has 1 amide bonds. The summed E-state index contributed by atoms with van der Waals surface area (Å²) in [5, 5.41) is 2.86. The predicted molar refractivity (Wildman–Crippen MR) is 70.8 cm³/mol.